The normalized spacial score (nSPS) is 12.9. The number of ether oxygens (including phenoxy) is 1. The third-order valence-corrected chi connectivity index (χ3v) is 2.01. The van der Waals surface area contributed by atoms with Crippen molar-refractivity contribution in [3.05, 3.63) is 35.9 Å². The Kier molecular flexibility index (Phi) is 8.14. The Labute approximate surface area is 99.3 Å². The van der Waals surface area contributed by atoms with Crippen LogP contribution in [0.25, 0.3) is 0 Å². The van der Waals surface area contributed by atoms with Gasteiger partial charge in [-0.25, -0.2) is 0 Å². The second-order valence-corrected chi connectivity index (χ2v) is 3.16. The molecule has 0 aliphatic heterocycles. The maximum absolute atomic E-state index is 8.55. The van der Waals surface area contributed by atoms with Crippen LogP contribution in [0.3, 0.4) is 0 Å². The average molecular weight is 222 g/mol. The number of nitrogens with two attached hydrogens (primary N) is 1. The molecule has 0 saturated carbocycles. The highest BCUT2D eigenvalue weighted by Crippen LogP contribution is 2.04. The SMILES string of the molecule is CC.CC(OCc1ccccc1)C(N)C#N.[HH]. The molecule has 1 aromatic carbocycles. The minimum absolute atomic E-state index is 0. The molecule has 16 heavy (non-hydrogen) atoms. The van der Waals surface area contributed by atoms with Crippen LogP contribution in [0.15, 0.2) is 30.3 Å². The maximum atomic E-state index is 8.55. The average Bonchev–Trinajstić information content (AvgIpc) is 2.38. The lowest BCUT2D eigenvalue weighted by atomic mass is 10.2. The lowest BCUT2D eigenvalue weighted by Crippen LogP contribution is -2.32. The maximum Gasteiger partial charge on any atom is 0.119 e. The monoisotopic (exact) mass is 222 g/mol. The summed E-state index contributed by atoms with van der Waals surface area (Å²) >= 11 is 0. The zero-order chi connectivity index (χ0) is 12.4. The number of hydrogen-bond donors (Lipinski definition) is 1. The number of hydrogen-bond acceptors (Lipinski definition) is 3. The summed E-state index contributed by atoms with van der Waals surface area (Å²) in [6.45, 7) is 6.30. The Balaban J connectivity index is 0. The van der Waals surface area contributed by atoms with Gasteiger partial charge in [-0.05, 0) is 12.5 Å². The quantitative estimate of drug-likeness (QED) is 0.852. The van der Waals surface area contributed by atoms with E-state index in [0.717, 1.165) is 5.56 Å². The van der Waals surface area contributed by atoms with Gasteiger partial charge in [0.15, 0.2) is 0 Å². The van der Waals surface area contributed by atoms with Crippen LogP contribution in [-0.4, -0.2) is 12.1 Å². The highest BCUT2D eigenvalue weighted by atomic mass is 16.5. The van der Waals surface area contributed by atoms with Crippen molar-refractivity contribution in [3.63, 3.8) is 0 Å². The predicted molar refractivity (Wildman–Crippen MR) is 67.7 cm³/mol. The molecule has 90 valence electrons. The van der Waals surface area contributed by atoms with Crippen molar-refractivity contribution in [2.24, 2.45) is 5.73 Å². The molecular formula is C13H22N2O. The third-order valence-electron chi connectivity index (χ3n) is 2.01. The van der Waals surface area contributed by atoms with Crippen molar-refractivity contribution in [1.29, 1.82) is 5.26 Å². The molecule has 0 aliphatic carbocycles. The van der Waals surface area contributed by atoms with E-state index in [1.54, 1.807) is 6.92 Å². The molecule has 0 amide bonds. The van der Waals surface area contributed by atoms with Crippen molar-refractivity contribution >= 4 is 0 Å². The molecule has 0 radical (unpaired) electrons. The Bertz CT molecular complexity index is 311. The molecule has 0 aliphatic rings. The van der Waals surface area contributed by atoms with Crippen LogP contribution in [0.4, 0.5) is 0 Å². The van der Waals surface area contributed by atoms with Gasteiger partial charge in [-0.15, -0.1) is 0 Å². The lowest BCUT2D eigenvalue weighted by Gasteiger charge is -2.14. The van der Waals surface area contributed by atoms with Crippen LogP contribution in [0.2, 0.25) is 0 Å². The summed E-state index contributed by atoms with van der Waals surface area (Å²) in [5.74, 6) is 0. The molecule has 0 saturated heterocycles. The summed E-state index contributed by atoms with van der Waals surface area (Å²) in [4.78, 5) is 0. The van der Waals surface area contributed by atoms with Crippen LogP contribution in [-0.2, 0) is 11.3 Å². The number of nitrogens with zero attached hydrogens (tertiary/aromatic N) is 1. The van der Waals surface area contributed by atoms with Crippen LogP contribution in [0.5, 0.6) is 0 Å². The van der Waals surface area contributed by atoms with Gasteiger partial charge < -0.3 is 10.5 Å². The minimum Gasteiger partial charge on any atom is -0.371 e. The summed E-state index contributed by atoms with van der Waals surface area (Å²) in [5.41, 5.74) is 6.58. The first-order valence-electron chi connectivity index (χ1n) is 5.54. The fourth-order valence-corrected chi connectivity index (χ4v) is 1.01. The smallest absolute Gasteiger partial charge is 0.119 e. The Hall–Kier alpha value is -1.37. The van der Waals surface area contributed by atoms with Gasteiger partial charge >= 0.3 is 0 Å². The molecule has 3 heteroatoms. The molecule has 0 spiro atoms. The molecule has 0 heterocycles. The summed E-state index contributed by atoms with van der Waals surface area (Å²) < 4.78 is 5.43. The fourth-order valence-electron chi connectivity index (χ4n) is 1.01. The van der Waals surface area contributed by atoms with E-state index in [1.807, 2.05) is 50.2 Å². The topological polar surface area (TPSA) is 59.0 Å². The molecule has 0 fully saturated rings. The zero-order valence-electron chi connectivity index (χ0n) is 10.2. The van der Waals surface area contributed by atoms with Gasteiger partial charge in [0.25, 0.3) is 0 Å². The molecule has 3 nitrogen and oxygen atoms in total. The van der Waals surface area contributed by atoms with E-state index < -0.39 is 6.04 Å². The van der Waals surface area contributed by atoms with Crippen molar-refractivity contribution in [1.82, 2.24) is 0 Å². The van der Waals surface area contributed by atoms with Gasteiger partial charge in [-0.3, -0.25) is 0 Å². The number of rotatable bonds is 4. The summed E-state index contributed by atoms with van der Waals surface area (Å²) in [6.07, 6.45) is -0.236. The van der Waals surface area contributed by atoms with E-state index in [0.29, 0.717) is 6.61 Å². The van der Waals surface area contributed by atoms with Crippen molar-refractivity contribution in [2.75, 3.05) is 0 Å². The van der Waals surface area contributed by atoms with Gasteiger partial charge in [-0.1, -0.05) is 44.2 Å². The van der Waals surface area contributed by atoms with Gasteiger partial charge in [-0.2, -0.15) is 5.26 Å². The molecule has 0 bridgehead atoms. The summed E-state index contributed by atoms with van der Waals surface area (Å²) in [7, 11) is 0. The van der Waals surface area contributed by atoms with E-state index in [-0.39, 0.29) is 7.53 Å². The standard InChI is InChI=1S/C11H14N2O.C2H6.H2/c1-9(11(13)7-12)14-8-10-5-3-2-4-6-10;1-2;/h2-6,9,11H,8,13H2,1H3;1-2H3;1H. The van der Waals surface area contributed by atoms with Crippen LogP contribution >= 0.6 is 0 Å². The van der Waals surface area contributed by atoms with Crippen molar-refractivity contribution in [2.45, 2.75) is 39.5 Å². The largest absolute Gasteiger partial charge is 0.371 e. The van der Waals surface area contributed by atoms with E-state index in [1.165, 1.54) is 0 Å². The first kappa shape index (κ1) is 14.6. The Morgan fingerprint density at radius 3 is 2.44 bits per heavy atom. The van der Waals surface area contributed by atoms with E-state index in [2.05, 4.69) is 0 Å². The molecule has 1 aromatic rings. The summed E-state index contributed by atoms with van der Waals surface area (Å²) in [6, 6.07) is 11.2. The summed E-state index contributed by atoms with van der Waals surface area (Å²) in [5, 5.41) is 8.55. The van der Waals surface area contributed by atoms with E-state index in [9.17, 15) is 0 Å². The van der Waals surface area contributed by atoms with Gasteiger partial charge in [0, 0.05) is 1.43 Å². The minimum atomic E-state index is -0.557. The molecule has 0 aromatic heterocycles. The van der Waals surface area contributed by atoms with Gasteiger partial charge in [0.2, 0.25) is 0 Å². The molecular weight excluding hydrogens is 200 g/mol. The highest BCUT2D eigenvalue weighted by Gasteiger charge is 2.11. The van der Waals surface area contributed by atoms with Crippen molar-refractivity contribution < 1.29 is 6.16 Å². The van der Waals surface area contributed by atoms with E-state index in [4.69, 9.17) is 15.7 Å². The Morgan fingerprint density at radius 1 is 1.38 bits per heavy atom. The highest BCUT2D eigenvalue weighted by molar-refractivity contribution is 5.13. The second kappa shape index (κ2) is 8.90. The first-order valence-corrected chi connectivity index (χ1v) is 5.54. The second-order valence-electron chi connectivity index (χ2n) is 3.16. The predicted octanol–water partition coefficient (Wildman–Crippen LogP) is 2.71. The van der Waals surface area contributed by atoms with Crippen LogP contribution in [0.1, 0.15) is 27.8 Å². The van der Waals surface area contributed by atoms with Gasteiger partial charge in [0.1, 0.15) is 6.04 Å². The lowest BCUT2D eigenvalue weighted by molar-refractivity contribution is 0.0467. The van der Waals surface area contributed by atoms with E-state index >= 15 is 0 Å². The van der Waals surface area contributed by atoms with Crippen molar-refractivity contribution in [3.8, 4) is 6.07 Å². The third kappa shape index (κ3) is 5.50. The van der Waals surface area contributed by atoms with Crippen LogP contribution in [0, 0.1) is 11.3 Å². The molecule has 2 N–H and O–H groups in total. The molecule has 1 rings (SSSR count). The molecule has 2 unspecified atom stereocenters. The Morgan fingerprint density at radius 2 is 1.94 bits per heavy atom. The molecule has 2 atom stereocenters. The van der Waals surface area contributed by atoms with Gasteiger partial charge in [0.05, 0.1) is 18.8 Å². The number of nitriles is 1. The number of benzene rings is 1. The first-order chi connectivity index (χ1) is 7.74. The van der Waals surface area contributed by atoms with Crippen LogP contribution < -0.4 is 5.73 Å². The zero-order valence-corrected chi connectivity index (χ0v) is 10.2. The fraction of sp³-hybridized carbons (Fsp3) is 0.462.